The number of hydrogen-bond acceptors (Lipinski definition) is 1. The summed E-state index contributed by atoms with van der Waals surface area (Å²) >= 11 is 0. The first-order valence-corrected chi connectivity index (χ1v) is 7.50. The van der Waals surface area contributed by atoms with Crippen molar-refractivity contribution in [3.63, 3.8) is 0 Å². The molecule has 1 N–H and O–H groups in total. The van der Waals surface area contributed by atoms with E-state index in [0.717, 1.165) is 24.8 Å². The molecule has 0 bridgehead atoms. The average molecular weight is 245 g/mol. The molecule has 1 heteroatoms. The van der Waals surface area contributed by atoms with Gasteiger partial charge in [-0.3, -0.25) is 0 Å². The van der Waals surface area contributed by atoms with Crippen LogP contribution in [0.4, 0.5) is 0 Å². The average Bonchev–Trinajstić information content (AvgIpc) is 2.40. The van der Waals surface area contributed by atoms with E-state index in [1.54, 1.807) is 0 Å². The third-order valence-electron chi connectivity index (χ3n) is 4.51. The Kier molecular flexibility index (Phi) is 4.82. The molecule has 1 aromatic rings. The summed E-state index contributed by atoms with van der Waals surface area (Å²) in [5.74, 6) is 1.72. The van der Waals surface area contributed by atoms with Crippen molar-refractivity contribution in [3.05, 3.63) is 35.4 Å². The van der Waals surface area contributed by atoms with Gasteiger partial charge in [0.25, 0.3) is 0 Å². The monoisotopic (exact) mass is 245 g/mol. The molecule has 1 saturated carbocycles. The number of aryl methyl sites for hydroxylation is 1. The summed E-state index contributed by atoms with van der Waals surface area (Å²) in [6.45, 7) is 8.06. The second kappa shape index (κ2) is 6.38. The molecule has 3 atom stereocenters. The maximum atomic E-state index is 3.79. The van der Waals surface area contributed by atoms with Crippen molar-refractivity contribution in [3.8, 4) is 0 Å². The predicted molar refractivity (Wildman–Crippen MR) is 78.6 cm³/mol. The number of benzene rings is 1. The fourth-order valence-electron chi connectivity index (χ4n) is 3.13. The topological polar surface area (TPSA) is 12.0 Å². The van der Waals surface area contributed by atoms with Crippen LogP contribution in [0, 0.1) is 11.8 Å². The molecule has 0 saturated heterocycles. The highest BCUT2D eigenvalue weighted by Crippen LogP contribution is 2.28. The Bertz CT molecular complexity index is 372. The highest BCUT2D eigenvalue weighted by atomic mass is 14.9. The molecule has 1 fully saturated rings. The molecule has 1 nitrogen and oxygen atoms in total. The van der Waals surface area contributed by atoms with Crippen LogP contribution < -0.4 is 5.32 Å². The minimum Gasteiger partial charge on any atom is -0.310 e. The van der Waals surface area contributed by atoms with Crippen molar-refractivity contribution in [1.29, 1.82) is 0 Å². The molecule has 0 amide bonds. The van der Waals surface area contributed by atoms with Gasteiger partial charge in [-0.1, -0.05) is 51.5 Å². The summed E-state index contributed by atoms with van der Waals surface area (Å²) in [5, 5.41) is 3.79. The van der Waals surface area contributed by atoms with E-state index in [1.807, 2.05) is 0 Å². The largest absolute Gasteiger partial charge is 0.310 e. The summed E-state index contributed by atoms with van der Waals surface area (Å²) in [5.41, 5.74) is 2.96. The Hall–Kier alpha value is -0.820. The molecule has 0 heterocycles. The minimum absolute atomic E-state index is 0.707. The molecule has 1 aliphatic rings. The molecule has 3 unspecified atom stereocenters. The van der Waals surface area contributed by atoms with Crippen LogP contribution in [0.3, 0.4) is 0 Å². The van der Waals surface area contributed by atoms with E-state index in [9.17, 15) is 0 Å². The highest BCUT2D eigenvalue weighted by Gasteiger charge is 2.24. The third-order valence-corrected chi connectivity index (χ3v) is 4.51. The van der Waals surface area contributed by atoms with Crippen LogP contribution in [0.1, 0.15) is 51.2 Å². The first-order chi connectivity index (χ1) is 8.70. The van der Waals surface area contributed by atoms with Crippen molar-refractivity contribution < 1.29 is 0 Å². The number of nitrogens with one attached hydrogen (secondary N) is 1. The molecule has 0 radical (unpaired) electrons. The van der Waals surface area contributed by atoms with E-state index in [1.165, 1.54) is 30.4 Å². The van der Waals surface area contributed by atoms with Crippen LogP contribution in [0.2, 0.25) is 0 Å². The van der Waals surface area contributed by atoms with Crippen molar-refractivity contribution in [2.45, 2.75) is 59.0 Å². The van der Waals surface area contributed by atoms with E-state index >= 15 is 0 Å². The molecule has 0 aromatic heterocycles. The molecule has 1 aromatic carbocycles. The van der Waals surface area contributed by atoms with Crippen LogP contribution in [0.5, 0.6) is 0 Å². The van der Waals surface area contributed by atoms with Gasteiger partial charge >= 0.3 is 0 Å². The lowest BCUT2D eigenvalue weighted by Crippen LogP contribution is -2.39. The molecular formula is C17H27N. The molecule has 2 rings (SSSR count). The summed E-state index contributed by atoms with van der Waals surface area (Å²) in [6.07, 6.45) is 5.27. The SMILES string of the molecule is CCc1ccccc1CNC1CC(C)CCC1C. The number of rotatable bonds is 4. The first kappa shape index (κ1) is 13.6. The Morgan fingerprint density at radius 3 is 2.56 bits per heavy atom. The maximum Gasteiger partial charge on any atom is 0.0210 e. The molecule has 0 aliphatic heterocycles. The molecular weight excluding hydrogens is 218 g/mol. The van der Waals surface area contributed by atoms with Gasteiger partial charge in [0.2, 0.25) is 0 Å². The van der Waals surface area contributed by atoms with Gasteiger partial charge in [0.15, 0.2) is 0 Å². The van der Waals surface area contributed by atoms with Gasteiger partial charge in [0.1, 0.15) is 0 Å². The zero-order valence-corrected chi connectivity index (χ0v) is 12.1. The van der Waals surface area contributed by atoms with Crippen molar-refractivity contribution in [2.24, 2.45) is 11.8 Å². The van der Waals surface area contributed by atoms with Gasteiger partial charge in [0, 0.05) is 12.6 Å². The van der Waals surface area contributed by atoms with E-state index in [2.05, 4.69) is 50.4 Å². The van der Waals surface area contributed by atoms with E-state index in [-0.39, 0.29) is 0 Å². The second-order valence-corrected chi connectivity index (χ2v) is 6.01. The number of hydrogen-bond donors (Lipinski definition) is 1. The Balaban J connectivity index is 1.94. The van der Waals surface area contributed by atoms with Gasteiger partial charge in [-0.15, -0.1) is 0 Å². The van der Waals surface area contributed by atoms with Gasteiger partial charge < -0.3 is 5.32 Å². The molecule has 100 valence electrons. The zero-order valence-electron chi connectivity index (χ0n) is 12.1. The van der Waals surface area contributed by atoms with Crippen LogP contribution in [0.25, 0.3) is 0 Å². The second-order valence-electron chi connectivity index (χ2n) is 6.01. The predicted octanol–water partition coefficient (Wildman–Crippen LogP) is 4.16. The lowest BCUT2D eigenvalue weighted by atomic mass is 9.80. The van der Waals surface area contributed by atoms with Crippen LogP contribution in [0.15, 0.2) is 24.3 Å². The Morgan fingerprint density at radius 1 is 1.11 bits per heavy atom. The highest BCUT2D eigenvalue weighted by molar-refractivity contribution is 5.26. The van der Waals surface area contributed by atoms with Crippen molar-refractivity contribution in [2.75, 3.05) is 0 Å². The van der Waals surface area contributed by atoms with Crippen LogP contribution >= 0.6 is 0 Å². The quantitative estimate of drug-likeness (QED) is 0.839. The summed E-state index contributed by atoms with van der Waals surface area (Å²) in [7, 11) is 0. The van der Waals surface area contributed by atoms with Gasteiger partial charge in [0.05, 0.1) is 0 Å². The molecule has 1 aliphatic carbocycles. The lowest BCUT2D eigenvalue weighted by Gasteiger charge is -2.33. The maximum absolute atomic E-state index is 3.79. The fourth-order valence-corrected chi connectivity index (χ4v) is 3.13. The van der Waals surface area contributed by atoms with E-state index in [0.29, 0.717) is 6.04 Å². The minimum atomic E-state index is 0.707. The summed E-state index contributed by atoms with van der Waals surface area (Å²) in [4.78, 5) is 0. The fraction of sp³-hybridized carbons (Fsp3) is 0.647. The third kappa shape index (κ3) is 3.35. The van der Waals surface area contributed by atoms with Crippen molar-refractivity contribution in [1.82, 2.24) is 5.32 Å². The van der Waals surface area contributed by atoms with Gasteiger partial charge in [-0.2, -0.15) is 0 Å². The zero-order chi connectivity index (χ0) is 13.0. The normalized spacial score (nSPS) is 28.3. The van der Waals surface area contributed by atoms with Crippen molar-refractivity contribution >= 4 is 0 Å². The summed E-state index contributed by atoms with van der Waals surface area (Å²) < 4.78 is 0. The van der Waals surface area contributed by atoms with Crippen LogP contribution in [-0.4, -0.2) is 6.04 Å². The van der Waals surface area contributed by atoms with E-state index in [4.69, 9.17) is 0 Å². The Labute approximate surface area is 112 Å². The molecule has 0 spiro atoms. The Morgan fingerprint density at radius 2 is 1.83 bits per heavy atom. The van der Waals surface area contributed by atoms with Crippen LogP contribution in [-0.2, 0) is 13.0 Å². The standard InChI is InChI=1S/C17H27N/c1-4-15-7-5-6-8-16(15)12-18-17-11-13(2)9-10-14(17)3/h5-8,13-14,17-18H,4,9-12H2,1-3H3. The summed E-state index contributed by atoms with van der Waals surface area (Å²) in [6, 6.07) is 9.53. The van der Waals surface area contributed by atoms with Gasteiger partial charge in [-0.05, 0) is 42.2 Å². The molecule has 18 heavy (non-hydrogen) atoms. The van der Waals surface area contributed by atoms with Gasteiger partial charge in [-0.25, -0.2) is 0 Å². The first-order valence-electron chi connectivity index (χ1n) is 7.50. The lowest BCUT2D eigenvalue weighted by molar-refractivity contribution is 0.227. The van der Waals surface area contributed by atoms with E-state index < -0.39 is 0 Å². The smallest absolute Gasteiger partial charge is 0.0210 e.